The molecule has 0 spiro atoms. The van der Waals surface area contributed by atoms with Gasteiger partial charge in [-0.3, -0.25) is 19.7 Å². The second kappa shape index (κ2) is 7.92. The number of pyridine rings is 2. The molecule has 0 saturated carbocycles. The number of aromatic amines is 1. The second-order valence-electron chi connectivity index (χ2n) is 8.28. The summed E-state index contributed by atoms with van der Waals surface area (Å²) in [6, 6.07) is 9.74. The fourth-order valence-corrected chi connectivity index (χ4v) is 4.37. The summed E-state index contributed by atoms with van der Waals surface area (Å²) in [5.74, 6) is -0.690. The lowest BCUT2D eigenvalue weighted by atomic mass is 9.89. The van der Waals surface area contributed by atoms with Crippen molar-refractivity contribution in [3.05, 3.63) is 54.5 Å². The molecule has 1 aliphatic rings. The van der Waals surface area contributed by atoms with Gasteiger partial charge in [0.15, 0.2) is 0 Å². The molecule has 2 atom stereocenters. The molecule has 4 N–H and O–H groups in total. The van der Waals surface area contributed by atoms with Crippen molar-refractivity contribution in [1.82, 2.24) is 25.1 Å². The highest BCUT2D eigenvalue weighted by Crippen LogP contribution is 2.34. The van der Waals surface area contributed by atoms with E-state index in [-0.39, 0.29) is 6.04 Å². The first kappa shape index (κ1) is 19.9. The Labute approximate surface area is 184 Å². The Bertz CT molecular complexity index is 1330. The number of anilines is 2. The molecule has 0 bridgehead atoms. The number of likely N-dealkylation sites (tertiary alicyclic amines) is 1. The molecule has 4 aromatic rings. The Hall–Kier alpha value is -4.01. The van der Waals surface area contributed by atoms with Crippen LogP contribution in [0.3, 0.4) is 0 Å². The lowest BCUT2D eigenvalue weighted by Gasteiger charge is -2.38. The number of amides is 2. The van der Waals surface area contributed by atoms with Crippen molar-refractivity contribution in [2.45, 2.75) is 25.8 Å². The molecule has 2 amide bonds. The van der Waals surface area contributed by atoms with Crippen LogP contribution >= 0.6 is 0 Å². The van der Waals surface area contributed by atoms with Gasteiger partial charge in [-0.1, -0.05) is 25.1 Å². The summed E-state index contributed by atoms with van der Waals surface area (Å²) in [6.07, 6.45) is 6.47. The van der Waals surface area contributed by atoms with Crippen LogP contribution in [0.15, 0.2) is 48.9 Å². The summed E-state index contributed by atoms with van der Waals surface area (Å²) in [4.78, 5) is 36.4. The van der Waals surface area contributed by atoms with E-state index in [0.29, 0.717) is 34.9 Å². The lowest BCUT2D eigenvalue weighted by molar-refractivity contribution is -0.146. The van der Waals surface area contributed by atoms with Gasteiger partial charge in [0.2, 0.25) is 0 Å². The summed E-state index contributed by atoms with van der Waals surface area (Å²) >= 11 is 0. The predicted octanol–water partition coefficient (Wildman–Crippen LogP) is 3.03. The van der Waals surface area contributed by atoms with Gasteiger partial charge in [-0.15, -0.1) is 0 Å². The molecule has 1 fully saturated rings. The Morgan fingerprint density at radius 3 is 2.94 bits per heavy atom. The Morgan fingerprint density at radius 1 is 1.19 bits per heavy atom. The van der Waals surface area contributed by atoms with Gasteiger partial charge < -0.3 is 16.0 Å². The van der Waals surface area contributed by atoms with E-state index < -0.39 is 11.8 Å². The van der Waals surface area contributed by atoms with E-state index in [2.05, 4.69) is 32.4 Å². The Morgan fingerprint density at radius 2 is 2.06 bits per heavy atom. The number of piperidine rings is 1. The quantitative estimate of drug-likeness (QED) is 0.420. The number of fused-ring (bicyclic) bond motifs is 2. The van der Waals surface area contributed by atoms with Gasteiger partial charge in [-0.25, -0.2) is 4.98 Å². The fraction of sp³-hybridized carbons (Fsp3) is 0.261. The number of hydrogen-bond donors (Lipinski definition) is 3. The molecule has 162 valence electrons. The number of rotatable bonds is 2. The van der Waals surface area contributed by atoms with Crippen molar-refractivity contribution in [1.29, 1.82) is 0 Å². The highest BCUT2D eigenvalue weighted by atomic mass is 16.2. The van der Waals surface area contributed by atoms with E-state index in [0.717, 1.165) is 29.3 Å². The zero-order valence-corrected chi connectivity index (χ0v) is 17.6. The third kappa shape index (κ3) is 3.51. The van der Waals surface area contributed by atoms with Gasteiger partial charge in [-0.05, 0) is 36.5 Å². The van der Waals surface area contributed by atoms with E-state index in [4.69, 9.17) is 5.73 Å². The van der Waals surface area contributed by atoms with Gasteiger partial charge in [0.1, 0.15) is 5.82 Å². The number of carbonyl (C=O) groups excluding carboxylic acids is 2. The maximum atomic E-state index is 13.3. The van der Waals surface area contributed by atoms with E-state index >= 15 is 0 Å². The Balaban J connectivity index is 1.43. The number of nitrogen functional groups attached to an aromatic ring is 1. The first-order valence-corrected chi connectivity index (χ1v) is 10.6. The average molecular weight is 429 g/mol. The van der Waals surface area contributed by atoms with Crippen molar-refractivity contribution in [2.24, 2.45) is 5.92 Å². The number of nitrogens with zero attached hydrogens (tertiary/aromatic N) is 4. The van der Waals surface area contributed by atoms with Crippen LogP contribution in [0.5, 0.6) is 0 Å². The van der Waals surface area contributed by atoms with Gasteiger partial charge in [0, 0.05) is 18.1 Å². The molecular weight excluding hydrogens is 406 g/mol. The summed E-state index contributed by atoms with van der Waals surface area (Å²) < 4.78 is 0. The normalized spacial score (nSPS) is 18.7. The van der Waals surface area contributed by atoms with Crippen LogP contribution in [-0.2, 0) is 9.59 Å². The summed E-state index contributed by atoms with van der Waals surface area (Å²) in [7, 11) is 0. The minimum absolute atomic E-state index is 0.187. The molecule has 1 aliphatic heterocycles. The van der Waals surface area contributed by atoms with E-state index in [9.17, 15) is 9.59 Å². The molecule has 5 rings (SSSR count). The number of nitrogens with two attached hydrogens (primary N) is 1. The zero-order chi connectivity index (χ0) is 22.2. The molecule has 3 aromatic heterocycles. The minimum Gasteiger partial charge on any atom is -0.383 e. The third-order valence-electron chi connectivity index (χ3n) is 6.05. The molecule has 32 heavy (non-hydrogen) atoms. The van der Waals surface area contributed by atoms with Crippen molar-refractivity contribution >= 4 is 45.1 Å². The molecular formula is C23H23N7O2. The molecule has 0 radical (unpaired) electrons. The number of benzene rings is 1. The summed E-state index contributed by atoms with van der Waals surface area (Å²) in [5.41, 5.74) is 8.59. The average Bonchev–Trinajstić information content (AvgIpc) is 3.31. The monoisotopic (exact) mass is 429 g/mol. The van der Waals surface area contributed by atoms with E-state index in [1.165, 1.54) is 12.4 Å². The van der Waals surface area contributed by atoms with Crippen molar-refractivity contribution in [3.8, 4) is 0 Å². The molecule has 9 heteroatoms. The fourth-order valence-electron chi connectivity index (χ4n) is 4.37. The minimum atomic E-state index is -0.717. The standard InChI is InChI=1S/C23H23N7O2/c1-13-4-7-19(15-6-5-14-3-2-8-25-17(14)9-15)30(12-13)23(32)22(31)28-18-11-26-21(24)16-10-27-29-20(16)18/h2-3,5-6,8-11,13,19H,4,7,12H2,1H3,(H2,24,26)(H,27,29)(H,28,31)/t13-,19+/m0/s1. The number of nitrogens with one attached hydrogen (secondary N) is 2. The maximum absolute atomic E-state index is 13.3. The van der Waals surface area contributed by atoms with Crippen LogP contribution < -0.4 is 11.1 Å². The highest BCUT2D eigenvalue weighted by Gasteiger charge is 2.34. The van der Waals surface area contributed by atoms with Crippen molar-refractivity contribution < 1.29 is 9.59 Å². The number of hydrogen-bond acceptors (Lipinski definition) is 6. The van der Waals surface area contributed by atoms with Gasteiger partial charge >= 0.3 is 11.8 Å². The summed E-state index contributed by atoms with van der Waals surface area (Å²) in [5, 5.41) is 11.1. The third-order valence-corrected chi connectivity index (χ3v) is 6.05. The smallest absolute Gasteiger partial charge is 0.314 e. The lowest BCUT2D eigenvalue weighted by Crippen LogP contribution is -2.46. The molecule has 4 heterocycles. The van der Waals surface area contributed by atoms with Gasteiger partial charge in [-0.2, -0.15) is 5.10 Å². The predicted molar refractivity (Wildman–Crippen MR) is 122 cm³/mol. The van der Waals surface area contributed by atoms with Crippen molar-refractivity contribution in [2.75, 3.05) is 17.6 Å². The van der Waals surface area contributed by atoms with Crippen LogP contribution in [0.1, 0.15) is 31.4 Å². The first-order chi connectivity index (χ1) is 15.5. The van der Waals surface area contributed by atoms with Crippen molar-refractivity contribution in [3.63, 3.8) is 0 Å². The highest BCUT2D eigenvalue weighted by molar-refractivity contribution is 6.40. The SMILES string of the molecule is C[C@H]1CC[C@H](c2ccc3cccnc3c2)N(C(=O)C(=O)Nc2cnc(N)c3cn[nH]c23)C1. The first-order valence-electron chi connectivity index (χ1n) is 10.6. The van der Waals surface area contributed by atoms with Crippen LogP contribution in [0.2, 0.25) is 0 Å². The molecule has 1 aromatic carbocycles. The van der Waals surface area contributed by atoms with Crippen LogP contribution in [0, 0.1) is 5.92 Å². The van der Waals surface area contributed by atoms with Crippen LogP contribution in [0.25, 0.3) is 21.8 Å². The number of aromatic nitrogens is 4. The second-order valence-corrected chi connectivity index (χ2v) is 8.28. The molecule has 1 saturated heterocycles. The van der Waals surface area contributed by atoms with E-state index in [1.54, 1.807) is 11.1 Å². The zero-order valence-electron chi connectivity index (χ0n) is 17.6. The molecule has 0 unspecified atom stereocenters. The van der Waals surface area contributed by atoms with Crippen LogP contribution in [0.4, 0.5) is 11.5 Å². The van der Waals surface area contributed by atoms with E-state index in [1.807, 2.05) is 30.3 Å². The van der Waals surface area contributed by atoms with Crippen LogP contribution in [-0.4, -0.2) is 43.4 Å². The largest absolute Gasteiger partial charge is 0.383 e. The van der Waals surface area contributed by atoms with Gasteiger partial charge in [0.05, 0.1) is 40.5 Å². The maximum Gasteiger partial charge on any atom is 0.314 e. The summed E-state index contributed by atoms with van der Waals surface area (Å²) in [6.45, 7) is 2.60. The molecule has 0 aliphatic carbocycles. The number of H-pyrrole nitrogens is 1. The van der Waals surface area contributed by atoms with Gasteiger partial charge in [0.25, 0.3) is 0 Å². The Kier molecular flexibility index (Phi) is 4.93. The topological polar surface area (TPSA) is 130 Å². The number of carbonyl (C=O) groups is 2. The molecule has 9 nitrogen and oxygen atoms in total.